The monoisotopic (exact) mass is 222 g/mol. The fourth-order valence-electron chi connectivity index (χ4n) is 3.43. The molecule has 0 aromatic heterocycles. The van der Waals surface area contributed by atoms with Crippen molar-refractivity contribution in [1.29, 1.82) is 0 Å². The molecule has 0 bridgehead atoms. The van der Waals surface area contributed by atoms with Crippen LogP contribution in [0.1, 0.15) is 39.0 Å². The van der Waals surface area contributed by atoms with Crippen LogP contribution in [0.3, 0.4) is 0 Å². The summed E-state index contributed by atoms with van der Waals surface area (Å²) in [6.45, 7) is 6.30. The van der Waals surface area contributed by atoms with Crippen molar-refractivity contribution in [3.8, 4) is 0 Å². The van der Waals surface area contributed by atoms with E-state index in [1.54, 1.807) is 6.92 Å². The molecule has 2 heterocycles. The predicted octanol–water partition coefficient (Wildman–Crippen LogP) is 1.48. The van der Waals surface area contributed by atoms with E-state index in [4.69, 9.17) is 0 Å². The zero-order valence-corrected chi connectivity index (χ0v) is 10.2. The van der Waals surface area contributed by atoms with Gasteiger partial charge in [0, 0.05) is 32.6 Å². The van der Waals surface area contributed by atoms with Gasteiger partial charge >= 0.3 is 0 Å². The first-order valence-corrected chi connectivity index (χ1v) is 6.68. The average molecular weight is 222 g/mol. The van der Waals surface area contributed by atoms with Crippen LogP contribution in [0.25, 0.3) is 0 Å². The van der Waals surface area contributed by atoms with Gasteiger partial charge in [-0.3, -0.25) is 9.69 Å². The average Bonchev–Trinajstić information content (AvgIpc) is 3.04. The van der Waals surface area contributed by atoms with Gasteiger partial charge in [-0.1, -0.05) is 0 Å². The Morgan fingerprint density at radius 1 is 1.12 bits per heavy atom. The summed E-state index contributed by atoms with van der Waals surface area (Å²) in [5.74, 6) is 0.256. The lowest BCUT2D eigenvalue weighted by atomic mass is 9.78. The summed E-state index contributed by atoms with van der Waals surface area (Å²) >= 11 is 0. The van der Waals surface area contributed by atoms with E-state index in [9.17, 15) is 4.79 Å². The summed E-state index contributed by atoms with van der Waals surface area (Å²) in [4.78, 5) is 16.0. The lowest BCUT2D eigenvalue weighted by Crippen LogP contribution is -2.43. The third kappa shape index (κ3) is 1.86. The normalized spacial score (nSPS) is 29.9. The molecular weight excluding hydrogens is 200 g/mol. The second-order valence-electron chi connectivity index (χ2n) is 5.96. The highest BCUT2D eigenvalue weighted by atomic mass is 16.2. The van der Waals surface area contributed by atoms with Crippen LogP contribution >= 0.6 is 0 Å². The summed E-state index contributed by atoms with van der Waals surface area (Å²) in [5.41, 5.74) is 0.564. The maximum atomic E-state index is 11.3. The molecule has 3 aliphatic rings. The Morgan fingerprint density at radius 2 is 1.75 bits per heavy atom. The van der Waals surface area contributed by atoms with E-state index in [2.05, 4.69) is 4.90 Å². The lowest BCUT2D eigenvalue weighted by Gasteiger charge is -2.39. The van der Waals surface area contributed by atoms with Crippen LogP contribution in [0.15, 0.2) is 0 Å². The van der Waals surface area contributed by atoms with E-state index in [-0.39, 0.29) is 5.91 Å². The second kappa shape index (κ2) is 3.73. The molecule has 1 spiro atoms. The van der Waals surface area contributed by atoms with Crippen molar-refractivity contribution in [2.24, 2.45) is 5.41 Å². The Balaban J connectivity index is 1.58. The highest BCUT2D eigenvalue weighted by Gasteiger charge is 2.44. The van der Waals surface area contributed by atoms with Gasteiger partial charge in [-0.2, -0.15) is 0 Å². The van der Waals surface area contributed by atoms with Gasteiger partial charge < -0.3 is 4.90 Å². The van der Waals surface area contributed by atoms with Crippen molar-refractivity contribution in [2.75, 3.05) is 26.2 Å². The highest BCUT2D eigenvalue weighted by Crippen LogP contribution is 2.43. The lowest BCUT2D eigenvalue weighted by molar-refractivity contribution is -0.131. The molecule has 3 nitrogen and oxygen atoms in total. The van der Waals surface area contributed by atoms with Crippen molar-refractivity contribution in [3.05, 3.63) is 0 Å². The number of likely N-dealkylation sites (tertiary alicyclic amines) is 2. The van der Waals surface area contributed by atoms with Gasteiger partial charge in [0.1, 0.15) is 0 Å². The van der Waals surface area contributed by atoms with Gasteiger partial charge in [0.2, 0.25) is 5.91 Å². The molecule has 0 radical (unpaired) electrons. The smallest absolute Gasteiger partial charge is 0.219 e. The van der Waals surface area contributed by atoms with Gasteiger partial charge in [-0.25, -0.2) is 0 Å². The first-order valence-electron chi connectivity index (χ1n) is 6.68. The summed E-state index contributed by atoms with van der Waals surface area (Å²) in [6, 6.07) is 0.921. The molecule has 1 saturated carbocycles. The third-order valence-electron chi connectivity index (χ3n) is 4.80. The summed E-state index contributed by atoms with van der Waals surface area (Å²) in [7, 11) is 0. The summed E-state index contributed by atoms with van der Waals surface area (Å²) in [5, 5.41) is 0. The number of carbonyl (C=O) groups excluding carboxylic acids is 1. The molecule has 1 aliphatic carbocycles. The van der Waals surface area contributed by atoms with Crippen molar-refractivity contribution in [1.82, 2.24) is 9.80 Å². The van der Waals surface area contributed by atoms with Crippen LogP contribution in [0, 0.1) is 5.41 Å². The fourth-order valence-corrected chi connectivity index (χ4v) is 3.43. The van der Waals surface area contributed by atoms with Crippen LogP contribution in [0.2, 0.25) is 0 Å². The minimum absolute atomic E-state index is 0.256. The van der Waals surface area contributed by atoms with Crippen molar-refractivity contribution < 1.29 is 4.79 Å². The molecule has 90 valence electrons. The molecule has 0 unspecified atom stereocenters. The van der Waals surface area contributed by atoms with E-state index in [0.717, 1.165) is 19.1 Å². The second-order valence-corrected chi connectivity index (χ2v) is 5.96. The zero-order chi connectivity index (χ0) is 11.2. The van der Waals surface area contributed by atoms with Crippen molar-refractivity contribution >= 4 is 5.91 Å². The maximum absolute atomic E-state index is 11.3. The van der Waals surface area contributed by atoms with Crippen LogP contribution < -0.4 is 0 Å². The molecular formula is C13H22N2O. The molecule has 0 aromatic carbocycles. The van der Waals surface area contributed by atoms with E-state index < -0.39 is 0 Å². The predicted molar refractivity (Wildman–Crippen MR) is 63.1 cm³/mol. The molecule has 3 fully saturated rings. The Kier molecular flexibility index (Phi) is 2.46. The van der Waals surface area contributed by atoms with Gasteiger partial charge in [0.15, 0.2) is 0 Å². The molecule has 3 heteroatoms. The molecule has 0 N–H and O–H groups in total. The van der Waals surface area contributed by atoms with E-state index >= 15 is 0 Å². The molecule has 3 rings (SSSR count). The number of rotatable bonds is 1. The Morgan fingerprint density at radius 3 is 2.31 bits per heavy atom. The van der Waals surface area contributed by atoms with Gasteiger partial charge in [0.25, 0.3) is 0 Å². The first kappa shape index (κ1) is 10.6. The molecule has 16 heavy (non-hydrogen) atoms. The summed E-state index contributed by atoms with van der Waals surface area (Å²) < 4.78 is 0. The number of nitrogens with zero attached hydrogens (tertiary/aromatic N) is 2. The van der Waals surface area contributed by atoms with Crippen molar-refractivity contribution in [3.63, 3.8) is 0 Å². The minimum Gasteiger partial charge on any atom is -0.343 e. The molecule has 2 saturated heterocycles. The molecule has 0 atom stereocenters. The number of piperidine rings is 1. The molecule has 0 aromatic rings. The van der Waals surface area contributed by atoms with Crippen LogP contribution in [0.4, 0.5) is 0 Å². The fraction of sp³-hybridized carbons (Fsp3) is 0.923. The quantitative estimate of drug-likeness (QED) is 0.671. The zero-order valence-electron chi connectivity index (χ0n) is 10.2. The number of hydrogen-bond donors (Lipinski definition) is 0. The van der Waals surface area contributed by atoms with E-state index in [1.165, 1.54) is 45.2 Å². The van der Waals surface area contributed by atoms with E-state index in [0.29, 0.717) is 5.41 Å². The van der Waals surface area contributed by atoms with E-state index in [1.807, 2.05) is 4.90 Å². The SMILES string of the molecule is CC(=O)N1CCC2(CC1)CCN(C1CC1)C2. The Bertz CT molecular complexity index is 290. The number of hydrogen-bond acceptors (Lipinski definition) is 2. The standard InChI is InChI=1S/C13H22N2O/c1-11(16)14-7-4-13(5-8-14)6-9-15(10-13)12-2-3-12/h12H,2-10H2,1H3. The highest BCUT2D eigenvalue weighted by molar-refractivity contribution is 5.73. The minimum atomic E-state index is 0.256. The Hall–Kier alpha value is -0.570. The number of amides is 1. The van der Waals surface area contributed by atoms with Gasteiger partial charge in [0.05, 0.1) is 0 Å². The third-order valence-corrected chi connectivity index (χ3v) is 4.80. The van der Waals surface area contributed by atoms with Crippen molar-refractivity contribution in [2.45, 2.75) is 45.1 Å². The van der Waals surface area contributed by atoms with Crippen LogP contribution in [-0.2, 0) is 4.79 Å². The summed E-state index contributed by atoms with van der Waals surface area (Å²) in [6.07, 6.45) is 6.69. The first-order chi connectivity index (χ1) is 7.69. The van der Waals surface area contributed by atoms with Gasteiger partial charge in [-0.15, -0.1) is 0 Å². The number of carbonyl (C=O) groups is 1. The Labute approximate surface area is 97.8 Å². The molecule has 2 aliphatic heterocycles. The largest absolute Gasteiger partial charge is 0.343 e. The van der Waals surface area contributed by atoms with Crippen LogP contribution in [-0.4, -0.2) is 47.9 Å². The maximum Gasteiger partial charge on any atom is 0.219 e. The topological polar surface area (TPSA) is 23.6 Å². The molecule has 1 amide bonds. The van der Waals surface area contributed by atoms with Crippen LogP contribution in [0.5, 0.6) is 0 Å². The van der Waals surface area contributed by atoms with Gasteiger partial charge in [-0.05, 0) is 44.1 Å².